The van der Waals surface area contributed by atoms with Crippen LogP contribution in [0.2, 0.25) is 0 Å². The van der Waals surface area contributed by atoms with Gasteiger partial charge in [-0.05, 0) is 29.3 Å². The standard InChI is InChI=1S/C27H21N5O2/c28-18-24-25(22-13-5-2-6-14-22)30-27(31-26(24)33)32-29-19-21-11-7-15-23(17-21)34-16-8-12-20-9-3-1-4-10-20/h1-15,17,19H,16H2,(H2,30,31,32,33). The summed E-state index contributed by atoms with van der Waals surface area (Å²) in [4.78, 5) is 19.2. The number of hydrogen-bond acceptors (Lipinski definition) is 6. The molecule has 0 bridgehead atoms. The lowest BCUT2D eigenvalue weighted by atomic mass is 10.1. The molecule has 1 heterocycles. The Morgan fingerprint density at radius 1 is 1.00 bits per heavy atom. The van der Waals surface area contributed by atoms with E-state index in [1.807, 2.05) is 91.0 Å². The Hall–Kier alpha value is -4.96. The molecule has 0 atom stereocenters. The molecule has 0 amide bonds. The van der Waals surface area contributed by atoms with E-state index in [0.717, 1.165) is 11.1 Å². The third-order valence-corrected chi connectivity index (χ3v) is 4.78. The van der Waals surface area contributed by atoms with E-state index in [9.17, 15) is 10.1 Å². The van der Waals surface area contributed by atoms with Crippen LogP contribution in [0.5, 0.6) is 5.75 Å². The summed E-state index contributed by atoms with van der Waals surface area (Å²) in [6.45, 7) is 0.437. The summed E-state index contributed by atoms with van der Waals surface area (Å²) >= 11 is 0. The van der Waals surface area contributed by atoms with E-state index in [2.05, 4.69) is 20.5 Å². The number of anilines is 1. The molecule has 34 heavy (non-hydrogen) atoms. The Bertz CT molecular complexity index is 1400. The number of nitrogens with one attached hydrogen (secondary N) is 2. The molecule has 4 aromatic rings. The Labute approximate surface area is 196 Å². The SMILES string of the molecule is N#Cc1c(-c2ccccc2)nc(NN=Cc2cccc(OCC=Cc3ccccc3)c2)[nH]c1=O. The number of nitriles is 1. The number of benzene rings is 3. The number of ether oxygens (including phenoxy) is 1. The molecule has 7 nitrogen and oxygen atoms in total. The Morgan fingerprint density at radius 3 is 2.50 bits per heavy atom. The molecule has 0 aliphatic carbocycles. The van der Waals surface area contributed by atoms with Crippen molar-refractivity contribution < 1.29 is 4.74 Å². The molecule has 166 valence electrons. The first-order valence-corrected chi connectivity index (χ1v) is 10.6. The van der Waals surface area contributed by atoms with Gasteiger partial charge in [0.25, 0.3) is 5.56 Å². The minimum Gasteiger partial charge on any atom is -0.490 e. The van der Waals surface area contributed by atoms with Gasteiger partial charge >= 0.3 is 0 Å². The van der Waals surface area contributed by atoms with Gasteiger partial charge in [-0.25, -0.2) is 10.4 Å². The fraction of sp³-hybridized carbons (Fsp3) is 0.0370. The molecule has 1 aromatic heterocycles. The van der Waals surface area contributed by atoms with Gasteiger partial charge in [0.05, 0.1) is 11.9 Å². The van der Waals surface area contributed by atoms with Crippen molar-refractivity contribution in [2.75, 3.05) is 12.0 Å². The van der Waals surface area contributed by atoms with Crippen molar-refractivity contribution in [3.8, 4) is 23.1 Å². The van der Waals surface area contributed by atoms with Gasteiger partial charge in [0.2, 0.25) is 5.95 Å². The van der Waals surface area contributed by atoms with Crippen LogP contribution in [0.3, 0.4) is 0 Å². The van der Waals surface area contributed by atoms with Gasteiger partial charge in [-0.15, -0.1) is 0 Å². The van der Waals surface area contributed by atoms with E-state index < -0.39 is 5.56 Å². The van der Waals surface area contributed by atoms with Gasteiger partial charge in [0, 0.05) is 5.56 Å². The zero-order valence-electron chi connectivity index (χ0n) is 18.2. The molecular weight excluding hydrogens is 426 g/mol. The van der Waals surface area contributed by atoms with Crippen molar-refractivity contribution in [1.29, 1.82) is 5.26 Å². The maximum absolute atomic E-state index is 12.3. The van der Waals surface area contributed by atoms with Crippen LogP contribution >= 0.6 is 0 Å². The first-order valence-electron chi connectivity index (χ1n) is 10.6. The maximum atomic E-state index is 12.3. The summed E-state index contributed by atoms with van der Waals surface area (Å²) in [7, 11) is 0. The summed E-state index contributed by atoms with van der Waals surface area (Å²) in [5, 5.41) is 13.5. The molecule has 0 radical (unpaired) electrons. The van der Waals surface area contributed by atoms with Crippen LogP contribution in [0.4, 0.5) is 5.95 Å². The highest BCUT2D eigenvalue weighted by molar-refractivity contribution is 5.80. The highest BCUT2D eigenvalue weighted by Gasteiger charge is 2.12. The lowest BCUT2D eigenvalue weighted by Crippen LogP contribution is -2.16. The van der Waals surface area contributed by atoms with Gasteiger partial charge in [-0.2, -0.15) is 10.4 Å². The highest BCUT2D eigenvalue weighted by atomic mass is 16.5. The molecule has 0 unspecified atom stereocenters. The number of hydrogen-bond donors (Lipinski definition) is 2. The topological polar surface area (TPSA) is 103 Å². The van der Waals surface area contributed by atoms with Crippen LogP contribution in [0.25, 0.3) is 17.3 Å². The predicted octanol–water partition coefficient (Wildman–Crippen LogP) is 4.85. The van der Waals surface area contributed by atoms with Crippen LogP contribution in [-0.4, -0.2) is 22.8 Å². The Balaban J connectivity index is 1.42. The van der Waals surface area contributed by atoms with Crippen molar-refractivity contribution in [2.24, 2.45) is 5.10 Å². The smallest absolute Gasteiger partial charge is 0.270 e. The number of H-pyrrole nitrogens is 1. The van der Waals surface area contributed by atoms with Crippen molar-refractivity contribution >= 4 is 18.2 Å². The van der Waals surface area contributed by atoms with Gasteiger partial charge < -0.3 is 4.74 Å². The van der Waals surface area contributed by atoms with E-state index in [1.165, 1.54) is 0 Å². The Morgan fingerprint density at radius 2 is 1.74 bits per heavy atom. The molecule has 4 rings (SSSR count). The van der Waals surface area contributed by atoms with Crippen molar-refractivity contribution in [1.82, 2.24) is 9.97 Å². The van der Waals surface area contributed by atoms with Crippen molar-refractivity contribution in [3.63, 3.8) is 0 Å². The van der Waals surface area contributed by atoms with Gasteiger partial charge in [0.1, 0.15) is 24.0 Å². The largest absolute Gasteiger partial charge is 0.490 e. The van der Waals surface area contributed by atoms with Crippen molar-refractivity contribution in [2.45, 2.75) is 0 Å². The quantitative estimate of drug-likeness (QED) is 0.297. The summed E-state index contributed by atoms with van der Waals surface area (Å²) in [6.07, 6.45) is 5.55. The van der Waals surface area contributed by atoms with Gasteiger partial charge in [0.15, 0.2) is 0 Å². The minimum atomic E-state index is -0.534. The molecule has 0 saturated heterocycles. The molecule has 3 aromatic carbocycles. The second kappa shape index (κ2) is 11.1. The summed E-state index contributed by atoms with van der Waals surface area (Å²) < 4.78 is 5.78. The third kappa shape index (κ3) is 5.84. The molecule has 0 fully saturated rings. The van der Waals surface area contributed by atoms with Crippen LogP contribution in [0, 0.1) is 11.3 Å². The van der Waals surface area contributed by atoms with Crippen LogP contribution in [0.1, 0.15) is 16.7 Å². The second-order valence-corrected chi connectivity index (χ2v) is 7.18. The molecule has 7 heteroatoms. The highest BCUT2D eigenvalue weighted by Crippen LogP contribution is 2.19. The number of rotatable bonds is 8. The van der Waals surface area contributed by atoms with Gasteiger partial charge in [-0.1, -0.05) is 78.9 Å². The lowest BCUT2D eigenvalue weighted by Gasteiger charge is -2.06. The molecule has 2 N–H and O–H groups in total. The second-order valence-electron chi connectivity index (χ2n) is 7.18. The normalized spacial score (nSPS) is 10.9. The van der Waals surface area contributed by atoms with Crippen molar-refractivity contribution in [3.05, 3.63) is 118 Å². The molecular formula is C27H21N5O2. The Kier molecular flexibility index (Phi) is 7.24. The fourth-order valence-corrected chi connectivity index (χ4v) is 3.18. The van der Waals surface area contributed by atoms with Crippen LogP contribution in [0.15, 0.2) is 101 Å². The third-order valence-electron chi connectivity index (χ3n) is 4.78. The summed E-state index contributed by atoms with van der Waals surface area (Å²) in [6, 6.07) is 28.5. The zero-order valence-corrected chi connectivity index (χ0v) is 18.2. The van der Waals surface area contributed by atoms with Gasteiger partial charge in [-0.3, -0.25) is 9.78 Å². The van der Waals surface area contributed by atoms with Crippen LogP contribution in [-0.2, 0) is 0 Å². The number of nitrogens with zero attached hydrogens (tertiary/aromatic N) is 3. The van der Waals surface area contributed by atoms with E-state index in [4.69, 9.17) is 4.74 Å². The minimum absolute atomic E-state index is 0.0492. The number of hydrazone groups is 1. The average Bonchev–Trinajstić information content (AvgIpc) is 2.88. The maximum Gasteiger partial charge on any atom is 0.270 e. The average molecular weight is 447 g/mol. The first kappa shape index (κ1) is 22.2. The first-order chi connectivity index (χ1) is 16.7. The molecule has 0 saturated carbocycles. The monoisotopic (exact) mass is 447 g/mol. The molecule has 0 aliphatic heterocycles. The molecule has 0 aliphatic rings. The van der Waals surface area contributed by atoms with E-state index in [1.54, 1.807) is 18.3 Å². The van der Waals surface area contributed by atoms with Crippen LogP contribution < -0.4 is 15.7 Å². The zero-order chi connectivity index (χ0) is 23.6. The fourth-order valence-electron chi connectivity index (χ4n) is 3.18. The summed E-state index contributed by atoms with van der Waals surface area (Å²) in [5.41, 5.74) is 5.02. The lowest BCUT2D eigenvalue weighted by molar-refractivity contribution is 0.363. The number of aromatic nitrogens is 2. The molecule has 0 spiro atoms. The van der Waals surface area contributed by atoms with E-state index in [-0.39, 0.29) is 11.5 Å². The van der Waals surface area contributed by atoms with E-state index >= 15 is 0 Å². The summed E-state index contributed by atoms with van der Waals surface area (Å²) in [5.74, 6) is 0.843. The number of aromatic amines is 1. The van der Waals surface area contributed by atoms with E-state index in [0.29, 0.717) is 23.6 Å². The predicted molar refractivity (Wildman–Crippen MR) is 134 cm³/mol.